The molecule has 0 saturated carbocycles. The lowest BCUT2D eigenvalue weighted by Gasteiger charge is -2.38. The highest BCUT2D eigenvalue weighted by molar-refractivity contribution is 4.86. The Bertz CT molecular complexity index is 84.8. The normalized spacial score (nSPS) is 17.6. The van der Waals surface area contributed by atoms with Crippen LogP contribution in [0.15, 0.2) is 0 Å². The molecule has 0 atom stereocenters. The first-order valence-electron chi connectivity index (χ1n) is 4.31. The van der Waals surface area contributed by atoms with Crippen LogP contribution in [0.25, 0.3) is 0 Å². The molecule has 66 valence electrons. The summed E-state index contributed by atoms with van der Waals surface area (Å²) >= 11 is 0. The molecular weight excluding hydrogens is 134 g/mol. The third-order valence-electron chi connectivity index (χ3n) is 1.96. The van der Waals surface area contributed by atoms with Crippen molar-refractivity contribution in [3.05, 3.63) is 0 Å². The molecule has 0 aromatic rings. The maximum absolute atomic E-state index is 4.00. The third-order valence-corrected chi connectivity index (χ3v) is 1.96. The number of hydrogen-bond acceptors (Lipinski definition) is 1. The second-order valence-electron chi connectivity index (χ2n) is 2.77. The largest absolute Gasteiger partial charge is 0.316 e. The molecule has 0 aromatic heterocycles. The first-order chi connectivity index (χ1) is 5.27. The predicted octanol–water partition coefficient (Wildman–Crippen LogP) is 2.28. The van der Waals surface area contributed by atoms with E-state index in [9.17, 15) is 0 Å². The molecule has 1 fully saturated rings. The van der Waals surface area contributed by atoms with Gasteiger partial charge in [-0.1, -0.05) is 27.7 Å². The highest BCUT2D eigenvalue weighted by Gasteiger charge is 2.28. The van der Waals surface area contributed by atoms with E-state index in [0.29, 0.717) is 5.41 Å². The zero-order chi connectivity index (χ0) is 9.33. The van der Waals surface area contributed by atoms with Gasteiger partial charge >= 0.3 is 0 Å². The van der Waals surface area contributed by atoms with Crippen LogP contribution in [0.1, 0.15) is 34.1 Å². The predicted molar refractivity (Wildman–Crippen MR) is 52.5 cm³/mol. The molecule has 0 spiro atoms. The number of terminal acetylenes is 1. The lowest BCUT2D eigenvalue weighted by atomic mass is 9.82. The second-order valence-corrected chi connectivity index (χ2v) is 2.77. The summed E-state index contributed by atoms with van der Waals surface area (Å²) in [6.07, 6.45) is 9.32. The molecule has 1 rings (SSSR count). The number of nitrogens with one attached hydrogen (secondary N) is 1. The standard InChI is InChI=1S/C6H13N.C2H6.C2H2/c1-3-6(2)4-7-5-6;2*1-2/h7H,3-5H2,1-2H3;1-2H3;1-2H. The summed E-state index contributed by atoms with van der Waals surface area (Å²) in [6, 6.07) is 0. The maximum Gasteiger partial charge on any atom is 0.00175 e. The molecule has 1 heteroatoms. The molecule has 0 aromatic carbocycles. The quantitative estimate of drug-likeness (QED) is 0.573. The minimum atomic E-state index is 0.653. The minimum absolute atomic E-state index is 0.653. The van der Waals surface area contributed by atoms with Gasteiger partial charge in [-0.2, -0.15) is 0 Å². The number of hydrogen-bond donors (Lipinski definition) is 1. The van der Waals surface area contributed by atoms with Gasteiger partial charge in [0.1, 0.15) is 0 Å². The fraction of sp³-hybridized carbons (Fsp3) is 0.800. The lowest BCUT2D eigenvalue weighted by molar-refractivity contribution is 0.189. The van der Waals surface area contributed by atoms with Gasteiger partial charge in [0.25, 0.3) is 0 Å². The first-order valence-corrected chi connectivity index (χ1v) is 4.31. The maximum atomic E-state index is 4.00. The van der Waals surface area contributed by atoms with Crippen molar-refractivity contribution in [3.8, 4) is 12.8 Å². The van der Waals surface area contributed by atoms with E-state index in [4.69, 9.17) is 0 Å². The molecule has 0 aliphatic carbocycles. The Morgan fingerprint density at radius 2 is 1.64 bits per heavy atom. The van der Waals surface area contributed by atoms with Gasteiger partial charge in [0, 0.05) is 13.1 Å². The molecule has 1 aliphatic rings. The fourth-order valence-corrected chi connectivity index (χ4v) is 0.802. The molecule has 0 unspecified atom stereocenters. The van der Waals surface area contributed by atoms with E-state index in [1.54, 1.807) is 0 Å². The summed E-state index contributed by atoms with van der Waals surface area (Å²) in [4.78, 5) is 0. The van der Waals surface area contributed by atoms with Crippen LogP contribution >= 0.6 is 0 Å². The van der Waals surface area contributed by atoms with E-state index in [2.05, 4.69) is 32.0 Å². The second kappa shape index (κ2) is 7.63. The number of rotatable bonds is 1. The average Bonchev–Trinajstić information content (AvgIpc) is 2.08. The van der Waals surface area contributed by atoms with Gasteiger partial charge < -0.3 is 5.32 Å². The molecule has 1 heterocycles. The van der Waals surface area contributed by atoms with Crippen molar-refractivity contribution in [3.63, 3.8) is 0 Å². The van der Waals surface area contributed by atoms with Crippen molar-refractivity contribution < 1.29 is 0 Å². The van der Waals surface area contributed by atoms with E-state index in [-0.39, 0.29) is 0 Å². The Balaban J connectivity index is 0. The van der Waals surface area contributed by atoms with Crippen molar-refractivity contribution in [2.45, 2.75) is 34.1 Å². The molecule has 0 amide bonds. The molecule has 1 nitrogen and oxygen atoms in total. The van der Waals surface area contributed by atoms with Gasteiger partial charge in [0.15, 0.2) is 0 Å². The summed E-state index contributed by atoms with van der Waals surface area (Å²) in [6.45, 7) is 11.0. The molecule has 11 heavy (non-hydrogen) atoms. The Labute approximate surface area is 71.6 Å². The van der Waals surface area contributed by atoms with E-state index in [0.717, 1.165) is 0 Å². The Morgan fingerprint density at radius 3 is 1.64 bits per heavy atom. The van der Waals surface area contributed by atoms with E-state index < -0.39 is 0 Å². The monoisotopic (exact) mass is 155 g/mol. The SMILES string of the molecule is C#C.CC.CCC1(C)CNC1. The molecular formula is C10H21N. The minimum Gasteiger partial charge on any atom is -0.316 e. The van der Waals surface area contributed by atoms with Crippen LogP contribution in [-0.2, 0) is 0 Å². The fourth-order valence-electron chi connectivity index (χ4n) is 0.802. The van der Waals surface area contributed by atoms with Crippen LogP contribution < -0.4 is 5.32 Å². The van der Waals surface area contributed by atoms with Crippen LogP contribution in [0, 0.1) is 18.3 Å². The van der Waals surface area contributed by atoms with Gasteiger partial charge in [-0.15, -0.1) is 12.8 Å². The summed E-state index contributed by atoms with van der Waals surface area (Å²) < 4.78 is 0. The molecule has 0 radical (unpaired) electrons. The van der Waals surface area contributed by atoms with Crippen molar-refractivity contribution >= 4 is 0 Å². The smallest absolute Gasteiger partial charge is 0.00175 e. The van der Waals surface area contributed by atoms with Crippen LogP contribution in [0.5, 0.6) is 0 Å². The summed E-state index contributed by atoms with van der Waals surface area (Å²) in [7, 11) is 0. The van der Waals surface area contributed by atoms with Gasteiger partial charge in [0.2, 0.25) is 0 Å². The molecule has 1 aliphatic heterocycles. The van der Waals surface area contributed by atoms with Gasteiger partial charge in [0.05, 0.1) is 0 Å². The summed E-state index contributed by atoms with van der Waals surface area (Å²) in [5, 5.41) is 3.25. The zero-order valence-electron chi connectivity index (χ0n) is 8.28. The topological polar surface area (TPSA) is 12.0 Å². The molecule has 0 bridgehead atoms. The van der Waals surface area contributed by atoms with Crippen LogP contribution in [0.3, 0.4) is 0 Å². The lowest BCUT2D eigenvalue weighted by Crippen LogP contribution is -2.50. The third kappa shape index (κ3) is 4.86. The van der Waals surface area contributed by atoms with E-state index >= 15 is 0 Å². The van der Waals surface area contributed by atoms with Crippen LogP contribution in [-0.4, -0.2) is 13.1 Å². The average molecular weight is 155 g/mol. The van der Waals surface area contributed by atoms with Crippen molar-refractivity contribution in [2.24, 2.45) is 5.41 Å². The highest BCUT2D eigenvalue weighted by atomic mass is 15.0. The van der Waals surface area contributed by atoms with Crippen molar-refractivity contribution in [2.75, 3.05) is 13.1 Å². The van der Waals surface area contributed by atoms with Crippen molar-refractivity contribution in [1.82, 2.24) is 5.32 Å². The zero-order valence-corrected chi connectivity index (χ0v) is 8.28. The Morgan fingerprint density at radius 1 is 1.27 bits per heavy atom. The summed E-state index contributed by atoms with van der Waals surface area (Å²) in [5.41, 5.74) is 0.653. The molecule has 1 N–H and O–H groups in total. The van der Waals surface area contributed by atoms with Gasteiger partial charge in [-0.25, -0.2) is 0 Å². The highest BCUT2D eigenvalue weighted by Crippen LogP contribution is 2.24. The van der Waals surface area contributed by atoms with E-state index in [1.165, 1.54) is 19.5 Å². The van der Waals surface area contributed by atoms with E-state index in [1.807, 2.05) is 13.8 Å². The van der Waals surface area contributed by atoms with Gasteiger partial charge in [-0.05, 0) is 11.8 Å². The Hall–Kier alpha value is -0.480. The first kappa shape index (κ1) is 13.1. The van der Waals surface area contributed by atoms with Gasteiger partial charge in [-0.3, -0.25) is 0 Å². The van der Waals surface area contributed by atoms with Crippen LogP contribution in [0.4, 0.5) is 0 Å². The van der Waals surface area contributed by atoms with Crippen molar-refractivity contribution in [1.29, 1.82) is 0 Å². The summed E-state index contributed by atoms with van der Waals surface area (Å²) in [5.74, 6) is 0. The van der Waals surface area contributed by atoms with Crippen LogP contribution in [0.2, 0.25) is 0 Å². The molecule has 1 saturated heterocycles. The Kier molecular flexibility index (Phi) is 9.10.